The fourth-order valence-electron chi connectivity index (χ4n) is 3.66. The van der Waals surface area contributed by atoms with Crippen molar-refractivity contribution in [2.24, 2.45) is 17.8 Å². The van der Waals surface area contributed by atoms with Crippen LogP contribution in [0.15, 0.2) is 0 Å². The molecule has 94 valence electrons. The highest BCUT2D eigenvalue weighted by Crippen LogP contribution is 2.32. The van der Waals surface area contributed by atoms with Gasteiger partial charge >= 0.3 is 0 Å². The Morgan fingerprint density at radius 1 is 0.938 bits per heavy atom. The molecule has 16 heavy (non-hydrogen) atoms. The van der Waals surface area contributed by atoms with Crippen LogP contribution in [0.25, 0.3) is 0 Å². The third kappa shape index (κ3) is 3.00. The lowest BCUT2D eigenvalue weighted by Crippen LogP contribution is -2.43. The summed E-state index contributed by atoms with van der Waals surface area (Å²) in [6, 6.07) is 1.56. The first-order chi connectivity index (χ1) is 7.66. The van der Waals surface area contributed by atoms with Crippen LogP contribution in [-0.4, -0.2) is 12.1 Å². The third-order valence-corrected chi connectivity index (χ3v) is 5.20. The number of hydrogen-bond donors (Lipinski definition) is 1. The SMILES string of the molecule is CC1CCC(N[C@@H](C)C2CCCC2)CC1C. The average Bonchev–Trinajstić information content (AvgIpc) is 2.77. The second-order valence-corrected chi connectivity index (χ2v) is 6.46. The molecule has 0 aromatic rings. The lowest BCUT2D eigenvalue weighted by atomic mass is 9.78. The van der Waals surface area contributed by atoms with Crippen LogP contribution >= 0.6 is 0 Å². The van der Waals surface area contributed by atoms with Crippen molar-refractivity contribution in [2.75, 3.05) is 0 Å². The number of hydrogen-bond acceptors (Lipinski definition) is 1. The van der Waals surface area contributed by atoms with E-state index in [9.17, 15) is 0 Å². The summed E-state index contributed by atoms with van der Waals surface area (Å²) in [6.45, 7) is 7.26. The molecule has 4 atom stereocenters. The molecular formula is C15H29N. The first-order valence-electron chi connectivity index (χ1n) is 7.43. The predicted molar refractivity (Wildman–Crippen MR) is 70.5 cm³/mol. The van der Waals surface area contributed by atoms with E-state index in [4.69, 9.17) is 0 Å². The molecule has 3 unspecified atom stereocenters. The highest BCUT2D eigenvalue weighted by molar-refractivity contribution is 4.85. The second-order valence-electron chi connectivity index (χ2n) is 6.46. The van der Waals surface area contributed by atoms with E-state index in [1.165, 1.54) is 44.9 Å². The lowest BCUT2D eigenvalue weighted by molar-refractivity contribution is 0.203. The lowest BCUT2D eigenvalue weighted by Gasteiger charge is -2.35. The van der Waals surface area contributed by atoms with Gasteiger partial charge in [-0.05, 0) is 56.8 Å². The monoisotopic (exact) mass is 223 g/mol. The van der Waals surface area contributed by atoms with E-state index >= 15 is 0 Å². The smallest absolute Gasteiger partial charge is 0.00723 e. The molecule has 2 saturated carbocycles. The Labute approximate surface area is 101 Å². The van der Waals surface area contributed by atoms with Gasteiger partial charge in [-0.2, -0.15) is 0 Å². The van der Waals surface area contributed by atoms with Crippen LogP contribution in [0.1, 0.15) is 65.7 Å². The molecule has 0 spiro atoms. The van der Waals surface area contributed by atoms with Crippen LogP contribution < -0.4 is 5.32 Å². The maximum atomic E-state index is 3.91. The minimum atomic E-state index is 0.758. The molecule has 0 aromatic heterocycles. The minimum absolute atomic E-state index is 0.758. The summed E-state index contributed by atoms with van der Waals surface area (Å²) in [5, 5.41) is 3.91. The molecule has 2 fully saturated rings. The summed E-state index contributed by atoms with van der Waals surface area (Å²) >= 11 is 0. The summed E-state index contributed by atoms with van der Waals surface area (Å²) in [6.07, 6.45) is 10.1. The van der Waals surface area contributed by atoms with Gasteiger partial charge in [-0.3, -0.25) is 0 Å². The van der Waals surface area contributed by atoms with Crippen molar-refractivity contribution in [1.29, 1.82) is 0 Å². The van der Waals surface area contributed by atoms with Crippen LogP contribution in [0, 0.1) is 17.8 Å². The summed E-state index contributed by atoms with van der Waals surface area (Å²) in [5.41, 5.74) is 0. The Balaban J connectivity index is 1.76. The number of nitrogens with one attached hydrogen (secondary N) is 1. The van der Waals surface area contributed by atoms with Crippen LogP contribution in [0.4, 0.5) is 0 Å². The van der Waals surface area contributed by atoms with E-state index in [2.05, 4.69) is 26.1 Å². The highest BCUT2D eigenvalue weighted by atomic mass is 15.0. The Bertz CT molecular complexity index is 207. The summed E-state index contributed by atoms with van der Waals surface area (Å²) < 4.78 is 0. The minimum Gasteiger partial charge on any atom is -0.311 e. The maximum Gasteiger partial charge on any atom is 0.00723 e. The van der Waals surface area contributed by atoms with Crippen LogP contribution in [-0.2, 0) is 0 Å². The van der Waals surface area contributed by atoms with Gasteiger partial charge in [0.15, 0.2) is 0 Å². The summed E-state index contributed by atoms with van der Waals surface area (Å²) in [4.78, 5) is 0. The van der Waals surface area contributed by atoms with E-state index in [1.807, 2.05) is 0 Å². The molecule has 0 bridgehead atoms. The Hall–Kier alpha value is -0.0400. The molecule has 0 heterocycles. The Kier molecular flexibility index (Phi) is 4.29. The first-order valence-corrected chi connectivity index (χ1v) is 7.43. The molecule has 0 aliphatic heterocycles. The van der Waals surface area contributed by atoms with Gasteiger partial charge in [0.1, 0.15) is 0 Å². The Morgan fingerprint density at radius 2 is 1.62 bits per heavy atom. The van der Waals surface area contributed by atoms with E-state index < -0.39 is 0 Å². The van der Waals surface area contributed by atoms with Crippen molar-refractivity contribution < 1.29 is 0 Å². The molecule has 2 aliphatic carbocycles. The summed E-state index contributed by atoms with van der Waals surface area (Å²) in [7, 11) is 0. The third-order valence-electron chi connectivity index (χ3n) is 5.20. The largest absolute Gasteiger partial charge is 0.311 e. The van der Waals surface area contributed by atoms with Crippen molar-refractivity contribution in [3.63, 3.8) is 0 Å². The van der Waals surface area contributed by atoms with Gasteiger partial charge in [0.2, 0.25) is 0 Å². The van der Waals surface area contributed by atoms with Crippen molar-refractivity contribution >= 4 is 0 Å². The summed E-state index contributed by atoms with van der Waals surface area (Å²) in [5.74, 6) is 2.83. The van der Waals surface area contributed by atoms with Crippen molar-refractivity contribution in [3.8, 4) is 0 Å². The zero-order chi connectivity index (χ0) is 11.5. The predicted octanol–water partition coefficient (Wildman–Crippen LogP) is 3.98. The highest BCUT2D eigenvalue weighted by Gasteiger charge is 2.28. The quantitative estimate of drug-likeness (QED) is 0.763. The molecule has 0 aromatic carbocycles. The van der Waals surface area contributed by atoms with E-state index in [-0.39, 0.29) is 0 Å². The zero-order valence-electron chi connectivity index (χ0n) is 11.3. The maximum absolute atomic E-state index is 3.91. The average molecular weight is 223 g/mol. The molecule has 0 saturated heterocycles. The molecule has 0 amide bonds. The fourth-order valence-corrected chi connectivity index (χ4v) is 3.66. The van der Waals surface area contributed by atoms with Gasteiger partial charge in [-0.1, -0.05) is 26.7 Å². The Morgan fingerprint density at radius 3 is 2.25 bits per heavy atom. The van der Waals surface area contributed by atoms with Crippen LogP contribution in [0.2, 0.25) is 0 Å². The molecule has 0 radical (unpaired) electrons. The number of rotatable bonds is 3. The van der Waals surface area contributed by atoms with E-state index in [0.29, 0.717) is 0 Å². The van der Waals surface area contributed by atoms with Gasteiger partial charge in [0.25, 0.3) is 0 Å². The second kappa shape index (κ2) is 5.53. The van der Waals surface area contributed by atoms with Crippen molar-refractivity contribution in [3.05, 3.63) is 0 Å². The molecule has 2 aliphatic rings. The molecule has 2 rings (SSSR count). The molecule has 1 N–H and O–H groups in total. The topological polar surface area (TPSA) is 12.0 Å². The fraction of sp³-hybridized carbons (Fsp3) is 1.00. The normalized spacial score (nSPS) is 38.8. The standard InChI is InChI=1S/C15H29N/c1-11-8-9-15(10-12(11)2)16-13(3)14-6-4-5-7-14/h11-16H,4-10H2,1-3H3/t11?,12?,13-,15?/m0/s1. The molecular weight excluding hydrogens is 194 g/mol. The molecule has 1 heteroatoms. The van der Waals surface area contributed by atoms with Gasteiger partial charge in [0.05, 0.1) is 0 Å². The van der Waals surface area contributed by atoms with Gasteiger partial charge in [0, 0.05) is 12.1 Å². The zero-order valence-corrected chi connectivity index (χ0v) is 11.3. The van der Waals surface area contributed by atoms with Gasteiger partial charge < -0.3 is 5.32 Å². The van der Waals surface area contributed by atoms with E-state index in [0.717, 1.165) is 29.8 Å². The van der Waals surface area contributed by atoms with Crippen LogP contribution in [0.3, 0.4) is 0 Å². The van der Waals surface area contributed by atoms with Gasteiger partial charge in [-0.25, -0.2) is 0 Å². The van der Waals surface area contributed by atoms with Gasteiger partial charge in [-0.15, -0.1) is 0 Å². The van der Waals surface area contributed by atoms with E-state index in [1.54, 1.807) is 0 Å². The van der Waals surface area contributed by atoms with Crippen molar-refractivity contribution in [1.82, 2.24) is 5.32 Å². The van der Waals surface area contributed by atoms with Crippen molar-refractivity contribution in [2.45, 2.75) is 77.8 Å². The molecule has 1 nitrogen and oxygen atoms in total. The van der Waals surface area contributed by atoms with Crippen LogP contribution in [0.5, 0.6) is 0 Å². The first kappa shape index (κ1) is 12.4.